The smallest absolute Gasteiger partial charge is 0.127 e. The van der Waals surface area contributed by atoms with Crippen LogP contribution in [0.25, 0.3) is 0 Å². The number of aromatic hydroxyl groups is 4. The molecule has 0 atom stereocenters. The molecule has 6 aromatic carbocycles. The fraction of sp³-hybridized carbons (Fsp3) is 0.100. The van der Waals surface area contributed by atoms with Crippen molar-refractivity contribution >= 4 is 0 Å². The molecule has 0 aliphatic rings. The minimum atomic E-state index is -0.547. The second-order valence-electron chi connectivity index (χ2n) is 11.6. The Hall–Kier alpha value is -5.68. The Morgan fingerprint density at radius 2 is 0.489 bits per heavy atom. The van der Waals surface area contributed by atoms with Crippen molar-refractivity contribution in [3.63, 3.8) is 0 Å². The quantitative estimate of drug-likeness (QED) is 0.132. The summed E-state index contributed by atoms with van der Waals surface area (Å²) >= 11 is 0. The van der Waals surface area contributed by atoms with Crippen molar-refractivity contribution in [2.24, 2.45) is 0 Å². The highest BCUT2D eigenvalue weighted by Gasteiger charge is 2.32. The summed E-state index contributed by atoms with van der Waals surface area (Å²) < 4.78 is 6.27. The summed E-state index contributed by atoms with van der Waals surface area (Å²) in [6.07, 6.45) is 0. The summed E-state index contributed by atoms with van der Waals surface area (Å²) in [6, 6.07) is 44.7. The van der Waals surface area contributed by atoms with E-state index < -0.39 is 10.8 Å². The topological polar surface area (TPSA) is 90.2 Å². The molecule has 0 aliphatic heterocycles. The average Bonchev–Trinajstić information content (AvgIpc) is 3.06. The lowest BCUT2D eigenvalue weighted by Gasteiger charge is -2.32. The van der Waals surface area contributed by atoms with E-state index >= 15 is 0 Å². The highest BCUT2D eigenvalue weighted by atomic mass is 16.5. The molecule has 0 saturated carbocycles. The van der Waals surface area contributed by atoms with Crippen LogP contribution in [-0.2, 0) is 10.8 Å². The van der Waals surface area contributed by atoms with Gasteiger partial charge in [0, 0.05) is 10.8 Å². The largest absolute Gasteiger partial charge is 0.508 e. The van der Waals surface area contributed by atoms with Crippen LogP contribution in [0.2, 0.25) is 0 Å². The lowest BCUT2D eigenvalue weighted by Crippen LogP contribution is -2.25. The Morgan fingerprint density at radius 3 is 0.689 bits per heavy atom. The van der Waals surface area contributed by atoms with Crippen LogP contribution in [0.1, 0.15) is 47.2 Å². The van der Waals surface area contributed by atoms with E-state index in [-0.39, 0.29) is 23.0 Å². The number of hydrogen-bond acceptors (Lipinski definition) is 5. The van der Waals surface area contributed by atoms with Gasteiger partial charge in [0.2, 0.25) is 0 Å². The molecule has 0 fully saturated rings. The minimum Gasteiger partial charge on any atom is -0.508 e. The van der Waals surface area contributed by atoms with E-state index in [9.17, 15) is 20.4 Å². The highest BCUT2D eigenvalue weighted by molar-refractivity contribution is 5.54. The maximum atomic E-state index is 9.91. The predicted octanol–water partition coefficient (Wildman–Crippen LogP) is 9.01. The van der Waals surface area contributed by atoms with Gasteiger partial charge in [0.05, 0.1) is 0 Å². The maximum absolute atomic E-state index is 9.91. The Bertz CT molecular complexity index is 1640. The zero-order valence-corrected chi connectivity index (χ0v) is 25.1. The molecule has 0 saturated heterocycles. The first-order valence-corrected chi connectivity index (χ1v) is 14.7. The molecule has 0 unspecified atom stereocenters. The highest BCUT2D eigenvalue weighted by Crippen LogP contribution is 2.42. The number of ether oxygens (including phenoxy) is 1. The monoisotopic (exact) mass is 594 g/mol. The average molecular weight is 595 g/mol. The van der Waals surface area contributed by atoms with E-state index in [0.717, 1.165) is 33.4 Å². The van der Waals surface area contributed by atoms with Crippen molar-refractivity contribution < 1.29 is 25.2 Å². The van der Waals surface area contributed by atoms with Crippen LogP contribution < -0.4 is 4.74 Å². The van der Waals surface area contributed by atoms with Gasteiger partial charge in [-0.05, 0) is 120 Å². The molecule has 0 bridgehead atoms. The van der Waals surface area contributed by atoms with Gasteiger partial charge in [-0.3, -0.25) is 0 Å². The van der Waals surface area contributed by atoms with E-state index in [2.05, 4.69) is 13.8 Å². The van der Waals surface area contributed by atoms with E-state index in [4.69, 9.17) is 4.74 Å². The summed E-state index contributed by atoms with van der Waals surface area (Å²) in [4.78, 5) is 0. The van der Waals surface area contributed by atoms with Crippen LogP contribution in [0, 0.1) is 0 Å². The summed E-state index contributed by atoms with van der Waals surface area (Å²) in [5.74, 6) is 2.18. The molecule has 0 amide bonds. The van der Waals surface area contributed by atoms with Crippen LogP contribution >= 0.6 is 0 Å². The van der Waals surface area contributed by atoms with Gasteiger partial charge in [-0.15, -0.1) is 0 Å². The minimum absolute atomic E-state index is 0.202. The Balaban J connectivity index is 1.29. The molecule has 0 aliphatic carbocycles. The van der Waals surface area contributed by atoms with Crippen molar-refractivity contribution in [3.05, 3.63) is 179 Å². The molecular formula is C40H34O5. The first kappa shape index (κ1) is 29.4. The molecule has 0 heterocycles. The third-order valence-corrected chi connectivity index (χ3v) is 8.88. The zero-order chi connectivity index (χ0) is 31.6. The lowest BCUT2D eigenvalue weighted by molar-refractivity contribution is 0.473. The van der Waals surface area contributed by atoms with Crippen molar-refractivity contribution in [1.29, 1.82) is 0 Å². The van der Waals surface area contributed by atoms with Gasteiger partial charge in [-0.2, -0.15) is 0 Å². The molecule has 224 valence electrons. The van der Waals surface area contributed by atoms with Crippen LogP contribution in [0.5, 0.6) is 34.5 Å². The van der Waals surface area contributed by atoms with Gasteiger partial charge in [-0.25, -0.2) is 0 Å². The van der Waals surface area contributed by atoms with Crippen molar-refractivity contribution in [3.8, 4) is 34.5 Å². The number of benzene rings is 6. The molecule has 6 aromatic rings. The standard InChI is InChI=1S/C40H34O5/c1-39(27-3-15-33(41)16-4-27,28-5-17-34(42)18-6-28)31-11-23-37(24-12-31)45-38-25-13-32(14-26-38)40(2,29-7-19-35(43)20-8-29)30-9-21-36(44)22-10-30/h3-26,41-44H,1-2H3. The van der Waals surface area contributed by atoms with Crippen LogP contribution in [0.3, 0.4) is 0 Å². The molecule has 0 spiro atoms. The van der Waals surface area contributed by atoms with Gasteiger partial charge in [0.15, 0.2) is 0 Å². The summed E-state index contributed by atoms with van der Waals surface area (Å²) in [5, 5.41) is 39.6. The Morgan fingerprint density at radius 1 is 0.311 bits per heavy atom. The molecule has 6 rings (SSSR count). The fourth-order valence-electron chi connectivity index (χ4n) is 6.03. The van der Waals surface area contributed by atoms with Gasteiger partial charge < -0.3 is 25.2 Å². The third-order valence-electron chi connectivity index (χ3n) is 8.88. The normalized spacial score (nSPS) is 11.7. The predicted molar refractivity (Wildman–Crippen MR) is 176 cm³/mol. The Labute approximate surface area is 262 Å². The molecule has 4 N–H and O–H groups in total. The van der Waals surface area contributed by atoms with Crippen LogP contribution in [0.4, 0.5) is 0 Å². The van der Waals surface area contributed by atoms with Crippen LogP contribution in [0.15, 0.2) is 146 Å². The molecule has 5 nitrogen and oxygen atoms in total. The molecular weight excluding hydrogens is 560 g/mol. The van der Waals surface area contributed by atoms with Crippen molar-refractivity contribution in [1.82, 2.24) is 0 Å². The summed E-state index contributed by atoms with van der Waals surface area (Å²) in [7, 11) is 0. The third kappa shape index (κ3) is 5.68. The SMILES string of the molecule is CC(c1ccc(O)cc1)(c1ccc(O)cc1)c1ccc(Oc2ccc(C(C)(c3ccc(O)cc3)c3ccc(O)cc3)cc2)cc1. The number of phenols is 4. The summed E-state index contributed by atoms with van der Waals surface area (Å²) in [6.45, 7) is 4.25. The first-order chi connectivity index (χ1) is 21.7. The molecule has 45 heavy (non-hydrogen) atoms. The van der Waals surface area contributed by atoms with Crippen LogP contribution in [-0.4, -0.2) is 20.4 Å². The number of rotatable bonds is 8. The second-order valence-corrected chi connectivity index (χ2v) is 11.6. The Kier molecular flexibility index (Phi) is 7.69. The first-order valence-electron chi connectivity index (χ1n) is 14.7. The number of phenolic OH excluding ortho intramolecular Hbond substituents is 4. The van der Waals surface area contributed by atoms with E-state index in [0.29, 0.717) is 11.5 Å². The van der Waals surface area contributed by atoms with Gasteiger partial charge in [0.25, 0.3) is 0 Å². The fourth-order valence-corrected chi connectivity index (χ4v) is 6.03. The number of hydrogen-bond donors (Lipinski definition) is 4. The molecule has 0 radical (unpaired) electrons. The lowest BCUT2D eigenvalue weighted by atomic mass is 9.71. The van der Waals surface area contributed by atoms with Gasteiger partial charge in [-0.1, -0.05) is 72.8 Å². The van der Waals surface area contributed by atoms with Gasteiger partial charge in [0.1, 0.15) is 34.5 Å². The van der Waals surface area contributed by atoms with E-state index in [1.54, 1.807) is 48.5 Å². The van der Waals surface area contributed by atoms with E-state index in [1.165, 1.54) is 0 Å². The maximum Gasteiger partial charge on any atom is 0.127 e. The van der Waals surface area contributed by atoms with E-state index in [1.807, 2.05) is 97.1 Å². The summed E-state index contributed by atoms with van der Waals surface area (Å²) in [5.41, 5.74) is 4.96. The van der Waals surface area contributed by atoms with Crippen molar-refractivity contribution in [2.45, 2.75) is 24.7 Å². The molecule has 5 heteroatoms. The van der Waals surface area contributed by atoms with Gasteiger partial charge >= 0.3 is 0 Å². The second kappa shape index (κ2) is 11.8. The zero-order valence-electron chi connectivity index (χ0n) is 25.1. The molecule has 0 aromatic heterocycles. The van der Waals surface area contributed by atoms with Crippen molar-refractivity contribution in [2.75, 3.05) is 0 Å².